The van der Waals surface area contributed by atoms with Gasteiger partial charge < -0.3 is 15.5 Å². The molecule has 26 heavy (non-hydrogen) atoms. The van der Waals surface area contributed by atoms with E-state index in [0.717, 1.165) is 25.2 Å². The molecular weight excluding hydrogens is 330 g/mol. The molecule has 3 heterocycles. The fourth-order valence-corrected chi connectivity index (χ4v) is 3.27. The van der Waals surface area contributed by atoms with Gasteiger partial charge in [0.15, 0.2) is 0 Å². The van der Waals surface area contributed by atoms with E-state index in [1.54, 1.807) is 24.5 Å². The second-order valence-electron chi connectivity index (χ2n) is 6.43. The van der Waals surface area contributed by atoms with E-state index in [1.807, 2.05) is 24.1 Å². The topological polar surface area (TPSA) is 87.2 Å². The van der Waals surface area contributed by atoms with Crippen LogP contribution in [0, 0.1) is 0 Å². The Balaban J connectivity index is 1.74. The zero-order chi connectivity index (χ0) is 18.5. The number of nitrogens with zero attached hydrogens (tertiary/aromatic N) is 3. The number of hydrogen-bond donors (Lipinski definition) is 2. The first-order valence-electron chi connectivity index (χ1n) is 8.73. The standard InChI is InChI=1S/C19H23N5O2/c1-13(25)23-18-11-15(6-8-22-18)19(26)24-9-3-4-16(12-24)14-5-7-21-17(10-14)20-2/h5-8,10-11,16H,3-4,9,12H2,1-2H3,(H,20,21)(H,22,23,25)/t16-/m1/s1. The van der Waals surface area contributed by atoms with Crippen molar-refractivity contribution in [2.75, 3.05) is 30.8 Å². The van der Waals surface area contributed by atoms with E-state index >= 15 is 0 Å². The number of carbonyl (C=O) groups is 2. The number of anilines is 2. The van der Waals surface area contributed by atoms with Crippen molar-refractivity contribution in [1.82, 2.24) is 14.9 Å². The lowest BCUT2D eigenvalue weighted by Gasteiger charge is -2.33. The van der Waals surface area contributed by atoms with Crippen LogP contribution in [0.5, 0.6) is 0 Å². The molecule has 2 amide bonds. The first-order valence-corrected chi connectivity index (χ1v) is 8.73. The number of carbonyl (C=O) groups excluding carboxylic acids is 2. The number of nitrogens with one attached hydrogen (secondary N) is 2. The van der Waals surface area contributed by atoms with Gasteiger partial charge in [0.1, 0.15) is 11.6 Å². The molecule has 3 rings (SSSR count). The summed E-state index contributed by atoms with van der Waals surface area (Å²) in [6, 6.07) is 7.36. The molecule has 1 aliphatic heterocycles. The van der Waals surface area contributed by atoms with Gasteiger partial charge in [-0.15, -0.1) is 0 Å². The Hall–Kier alpha value is -2.96. The van der Waals surface area contributed by atoms with Crippen LogP contribution in [0.15, 0.2) is 36.7 Å². The highest BCUT2D eigenvalue weighted by atomic mass is 16.2. The van der Waals surface area contributed by atoms with Gasteiger partial charge in [0.25, 0.3) is 5.91 Å². The van der Waals surface area contributed by atoms with E-state index in [4.69, 9.17) is 0 Å². The highest BCUT2D eigenvalue weighted by molar-refractivity contribution is 5.96. The highest BCUT2D eigenvalue weighted by Crippen LogP contribution is 2.28. The predicted octanol–water partition coefficient (Wildman–Crippen LogP) is 2.50. The van der Waals surface area contributed by atoms with Crippen LogP contribution in [-0.4, -0.2) is 46.8 Å². The maximum absolute atomic E-state index is 12.9. The van der Waals surface area contributed by atoms with Crippen LogP contribution in [0.3, 0.4) is 0 Å². The second-order valence-corrected chi connectivity index (χ2v) is 6.43. The molecular formula is C19H23N5O2. The number of likely N-dealkylation sites (tertiary alicyclic amines) is 1. The Labute approximate surface area is 152 Å². The van der Waals surface area contributed by atoms with Crippen LogP contribution in [0.1, 0.15) is 41.6 Å². The molecule has 0 aliphatic carbocycles. The molecule has 0 unspecified atom stereocenters. The summed E-state index contributed by atoms with van der Waals surface area (Å²) in [6.07, 6.45) is 5.34. The summed E-state index contributed by atoms with van der Waals surface area (Å²) in [7, 11) is 1.85. The van der Waals surface area contributed by atoms with Gasteiger partial charge in [-0.25, -0.2) is 9.97 Å². The number of rotatable bonds is 4. The third-order valence-electron chi connectivity index (χ3n) is 4.53. The van der Waals surface area contributed by atoms with E-state index < -0.39 is 0 Å². The average molecular weight is 353 g/mol. The Morgan fingerprint density at radius 1 is 1.15 bits per heavy atom. The third kappa shape index (κ3) is 4.17. The summed E-state index contributed by atoms with van der Waals surface area (Å²) >= 11 is 0. The van der Waals surface area contributed by atoms with Crippen molar-refractivity contribution in [3.05, 3.63) is 47.8 Å². The van der Waals surface area contributed by atoms with Crippen molar-refractivity contribution in [1.29, 1.82) is 0 Å². The summed E-state index contributed by atoms with van der Waals surface area (Å²) in [5.41, 5.74) is 1.73. The third-order valence-corrected chi connectivity index (χ3v) is 4.53. The van der Waals surface area contributed by atoms with E-state index in [0.29, 0.717) is 23.8 Å². The molecule has 1 atom stereocenters. The lowest BCUT2D eigenvalue weighted by atomic mass is 9.91. The molecule has 0 bridgehead atoms. The number of aromatic nitrogens is 2. The Kier molecular flexibility index (Phi) is 5.46. The van der Waals surface area contributed by atoms with Crippen LogP contribution in [-0.2, 0) is 4.79 Å². The molecule has 1 fully saturated rings. The van der Waals surface area contributed by atoms with Crippen molar-refractivity contribution < 1.29 is 9.59 Å². The van der Waals surface area contributed by atoms with Gasteiger partial charge in [0, 0.05) is 50.9 Å². The predicted molar refractivity (Wildman–Crippen MR) is 100 cm³/mol. The van der Waals surface area contributed by atoms with Gasteiger partial charge in [0.2, 0.25) is 5.91 Å². The van der Waals surface area contributed by atoms with Crippen LogP contribution < -0.4 is 10.6 Å². The summed E-state index contributed by atoms with van der Waals surface area (Å²) in [5, 5.41) is 5.67. The monoisotopic (exact) mass is 353 g/mol. The lowest BCUT2D eigenvalue weighted by Crippen LogP contribution is -2.39. The maximum Gasteiger partial charge on any atom is 0.254 e. The van der Waals surface area contributed by atoms with Crippen molar-refractivity contribution in [3.8, 4) is 0 Å². The van der Waals surface area contributed by atoms with Crippen LogP contribution >= 0.6 is 0 Å². The van der Waals surface area contributed by atoms with E-state index in [2.05, 4.69) is 20.6 Å². The van der Waals surface area contributed by atoms with E-state index in [1.165, 1.54) is 12.5 Å². The largest absolute Gasteiger partial charge is 0.373 e. The molecule has 0 radical (unpaired) electrons. The summed E-state index contributed by atoms with van der Waals surface area (Å²) in [5.74, 6) is 1.27. The fourth-order valence-electron chi connectivity index (χ4n) is 3.27. The number of pyridine rings is 2. The molecule has 0 spiro atoms. The molecule has 1 aliphatic rings. The molecule has 136 valence electrons. The molecule has 7 nitrogen and oxygen atoms in total. The molecule has 7 heteroatoms. The minimum Gasteiger partial charge on any atom is -0.373 e. The summed E-state index contributed by atoms with van der Waals surface area (Å²) in [4.78, 5) is 34.3. The Morgan fingerprint density at radius 3 is 2.69 bits per heavy atom. The number of hydrogen-bond acceptors (Lipinski definition) is 5. The first kappa shape index (κ1) is 17.8. The molecule has 0 saturated carbocycles. The number of amides is 2. The minimum atomic E-state index is -0.210. The van der Waals surface area contributed by atoms with Crippen LogP contribution in [0.4, 0.5) is 11.6 Å². The number of piperidine rings is 1. The quantitative estimate of drug-likeness (QED) is 0.882. The first-order chi connectivity index (χ1) is 12.6. The van der Waals surface area contributed by atoms with Gasteiger partial charge in [-0.05, 0) is 42.7 Å². The molecule has 1 saturated heterocycles. The minimum absolute atomic E-state index is 0.0356. The van der Waals surface area contributed by atoms with Crippen molar-refractivity contribution >= 4 is 23.5 Å². The van der Waals surface area contributed by atoms with Gasteiger partial charge in [-0.1, -0.05) is 0 Å². The van der Waals surface area contributed by atoms with Gasteiger partial charge in [-0.3, -0.25) is 9.59 Å². The molecule has 0 aromatic carbocycles. The Bertz CT molecular complexity index is 808. The normalized spacial score (nSPS) is 16.8. The van der Waals surface area contributed by atoms with Crippen molar-refractivity contribution in [2.45, 2.75) is 25.7 Å². The van der Waals surface area contributed by atoms with Crippen LogP contribution in [0.25, 0.3) is 0 Å². The SMILES string of the molecule is CNc1cc([C@@H]2CCCN(C(=O)c3ccnc(NC(C)=O)c3)C2)ccn1. The summed E-state index contributed by atoms with van der Waals surface area (Å²) in [6.45, 7) is 2.82. The molecule has 2 aromatic rings. The van der Waals surface area contributed by atoms with Crippen LogP contribution in [0.2, 0.25) is 0 Å². The lowest BCUT2D eigenvalue weighted by molar-refractivity contribution is -0.114. The average Bonchev–Trinajstić information content (AvgIpc) is 2.67. The van der Waals surface area contributed by atoms with Crippen molar-refractivity contribution in [2.24, 2.45) is 0 Å². The van der Waals surface area contributed by atoms with Gasteiger partial charge >= 0.3 is 0 Å². The fraction of sp³-hybridized carbons (Fsp3) is 0.368. The second kappa shape index (κ2) is 7.95. The highest BCUT2D eigenvalue weighted by Gasteiger charge is 2.26. The smallest absolute Gasteiger partial charge is 0.254 e. The Morgan fingerprint density at radius 2 is 1.92 bits per heavy atom. The van der Waals surface area contributed by atoms with E-state index in [9.17, 15) is 9.59 Å². The van der Waals surface area contributed by atoms with Crippen molar-refractivity contribution in [3.63, 3.8) is 0 Å². The van der Waals surface area contributed by atoms with Gasteiger partial charge in [-0.2, -0.15) is 0 Å². The maximum atomic E-state index is 12.9. The summed E-state index contributed by atoms with van der Waals surface area (Å²) < 4.78 is 0. The zero-order valence-corrected chi connectivity index (χ0v) is 15.0. The molecule has 2 N–H and O–H groups in total. The van der Waals surface area contributed by atoms with Gasteiger partial charge in [0.05, 0.1) is 0 Å². The van der Waals surface area contributed by atoms with E-state index in [-0.39, 0.29) is 11.8 Å². The molecule has 2 aromatic heterocycles. The zero-order valence-electron chi connectivity index (χ0n) is 15.0.